The fourth-order valence-electron chi connectivity index (χ4n) is 1.24. The summed E-state index contributed by atoms with van der Waals surface area (Å²) in [6, 6.07) is 0.886. The highest BCUT2D eigenvalue weighted by atomic mass is 19.4. The normalized spacial score (nSPS) is 11.7. The molecule has 0 radical (unpaired) electrons. The van der Waals surface area contributed by atoms with Crippen LogP contribution < -0.4 is 5.73 Å². The van der Waals surface area contributed by atoms with E-state index in [2.05, 4.69) is 9.97 Å². The second kappa shape index (κ2) is 3.51. The number of hydrogen-bond donors (Lipinski definition) is 1. The number of pyridine rings is 1. The van der Waals surface area contributed by atoms with Gasteiger partial charge in [-0.2, -0.15) is 13.2 Å². The summed E-state index contributed by atoms with van der Waals surface area (Å²) in [6.07, 6.45) is 0.825. The summed E-state index contributed by atoms with van der Waals surface area (Å²) >= 11 is 0. The van der Waals surface area contributed by atoms with Crippen molar-refractivity contribution in [1.82, 2.24) is 14.5 Å². The van der Waals surface area contributed by atoms with E-state index in [0.717, 1.165) is 12.3 Å². The molecule has 2 aromatic rings. The summed E-state index contributed by atoms with van der Waals surface area (Å²) < 4.78 is 38.6. The summed E-state index contributed by atoms with van der Waals surface area (Å²) in [5.41, 5.74) is 4.93. The fraction of sp³-hybridized carbons (Fsp3) is 0.111. The van der Waals surface area contributed by atoms with Gasteiger partial charge in [0.1, 0.15) is 5.69 Å². The molecule has 0 saturated carbocycles. The third kappa shape index (κ3) is 1.83. The van der Waals surface area contributed by atoms with E-state index in [4.69, 9.17) is 5.73 Å². The Kier molecular flexibility index (Phi) is 2.30. The van der Waals surface area contributed by atoms with E-state index in [1.54, 1.807) is 0 Å². The molecule has 7 heteroatoms. The Hall–Kier alpha value is -2.05. The lowest BCUT2D eigenvalue weighted by atomic mass is 10.2. The number of hydrogen-bond acceptors (Lipinski definition) is 3. The second-order valence-corrected chi connectivity index (χ2v) is 3.10. The molecule has 0 aliphatic rings. The maximum atomic E-state index is 12.4. The van der Waals surface area contributed by atoms with Crippen LogP contribution in [0, 0.1) is 0 Å². The van der Waals surface area contributed by atoms with E-state index in [1.807, 2.05) is 0 Å². The molecule has 0 unspecified atom stereocenters. The third-order valence-electron chi connectivity index (χ3n) is 1.98. The van der Waals surface area contributed by atoms with Gasteiger partial charge in [-0.25, -0.2) is 9.97 Å². The number of nitrogens with two attached hydrogens (primary N) is 1. The number of rotatable bonds is 1. The van der Waals surface area contributed by atoms with Crippen LogP contribution in [0.2, 0.25) is 0 Å². The van der Waals surface area contributed by atoms with Gasteiger partial charge in [0.15, 0.2) is 0 Å². The predicted octanol–water partition coefficient (Wildman–Crippen LogP) is 1.87. The number of nitrogens with zero attached hydrogens (tertiary/aromatic N) is 3. The topological polar surface area (TPSA) is 56.7 Å². The van der Waals surface area contributed by atoms with Crippen molar-refractivity contribution in [2.24, 2.45) is 0 Å². The van der Waals surface area contributed by atoms with E-state index in [-0.39, 0.29) is 11.4 Å². The van der Waals surface area contributed by atoms with Crippen LogP contribution in [0.3, 0.4) is 0 Å². The molecular weight excluding hydrogens is 221 g/mol. The summed E-state index contributed by atoms with van der Waals surface area (Å²) in [6.45, 7) is 0. The molecule has 0 amide bonds. The van der Waals surface area contributed by atoms with Crippen LogP contribution in [0.1, 0.15) is 5.69 Å². The van der Waals surface area contributed by atoms with Gasteiger partial charge in [-0.3, -0.25) is 0 Å². The van der Waals surface area contributed by atoms with Gasteiger partial charge in [0, 0.05) is 12.4 Å². The van der Waals surface area contributed by atoms with Gasteiger partial charge >= 0.3 is 6.18 Å². The largest absolute Gasteiger partial charge is 0.433 e. The van der Waals surface area contributed by atoms with Crippen LogP contribution in [-0.2, 0) is 6.18 Å². The fourth-order valence-corrected chi connectivity index (χ4v) is 1.24. The highest BCUT2D eigenvalue weighted by molar-refractivity contribution is 5.56. The van der Waals surface area contributed by atoms with Crippen LogP contribution >= 0.6 is 0 Å². The molecule has 0 aliphatic heterocycles. The summed E-state index contributed by atoms with van der Waals surface area (Å²) in [5, 5.41) is 0. The zero-order chi connectivity index (χ0) is 11.8. The summed E-state index contributed by atoms with van der Waals surface area (Å²) in [4.78, 5) is 6.97. The molecule has 2 rings (SSSR count). The molecule has 0 fully saturated rings. The highest BCUT2D eigenvalue weighted by Gasteiger charge is 2.33. The lowest BCUT2D eigenvalue weighted by Gasteiger charge is -2.10. The molecule has 2 aromatic heterocycles. The van der Waals surface area contributed by atoms with E-state index in [1.165, 1.54) is 23.3 Å². The maximum absolute atomic E-state index is 12.4. The van der Waals surface area contributed by atoms with Gasteiger partial charge in [0.25, 0.3) is 0 Å². The molecule has 16 heavy (non-hydrogen) atoms. The molecule has 2 heterocycles. The Morgan fingerprint density at radius 2 is 2.06 bits per heavy atom. The number of alkyl halides is 3. The molecule has 0 aliphatic carbocycles. The van der Waals surface area contributed by atoms with Crippen LogP contribution in [0.25, 0.3) is 5.69 Å². The van der Waals surface area contributed by atoms with Crippen LogP contribution in [0.4, 0.5) is 18.9 Å². The number of halogens is 3. The molecule has 0 saturated heterocycles. The number of nitrogen functional groups attached to an aromatic ring is 1. The van der Waals surface area contributed by atoms with Crippen molar-refractivity contribution in [1.29, 1.82) is 0 Å². The Morgan fingerprint density at radius 3 is 2.62 bits per heavy atom. The third-order valence-corrected chi connectivity index (χ3v) is 1.98. The van der Waals surface area contributed by atoms with E-state index in [9.17, 15) is 13.2 Å². The molecule has 84 valence electrons. The number of anilines is 1. The van der Waals surface area contributed by atoms with Gasteiger partial charge in [0.05, 0.1) is 23.9 Å². The van der Waals surface area contributed by atoms with Crippen molar-refractivity contribution in [2.75, 3.05) is 5.73 Å². The van der Waals surface area contributed by atoms with Crippen molar-refractivity contribution in [2.45, 2.75) is 6.18 Å². The van der Waals surface area contributed by atoms with Crippen molar-refractivity contribution < 1.29 is 13.2 Å². The predicted molar refractivity (Wildman–Crippen MR) is 50.8 cm³/mol. The molecule has 0 atom stereocenters. The lowest BCUT2D eigenvalue weighted by molar-refractivity contribution is -0.141. The van der Waals surface area contributed by atoms with E-state index >= 15 is 0 Å². The minimum atomic E-state index is -4.48. The first-order valence-corrected chi connectivity index (χ1v) is 4.29. The minimum absolute atomic E-state index is 0.158. The smallest absolute Gasteiger partial charge is 0.396 e. The van der Waals surface area contributed by atoms with E-state index in [0.29, 0.717) is 0 Å². The van der Waals surface area contributed by atoms with Gasteiger partial charge in [-0.1, -0.05) is 0 Å². The van der Waals surface area contributed by atoms with Crippen molar-refractivity contribution in [3.8, 4) is 5.69 Å². The first-order chi connectivity index (χ1) is 7.48. The standard InChI is InChI=1S/C9H7F3N4/c10-9(11,12)8-3-7(6(13)4-15-8)16-2-1-14-5-16/h1-5H,13H2. The van der Waals surface area contributed by atoms with Crippen molar-refractivity contribution >= 4 is 5.69 Å². The van der Waals surface area contributed by atoms with Gasteiger partial charge < -0.3 is 10.3 Å². The quantitative estimate of drug-likeness (QED) is 0.810. The van der Waals surface area contributed by atoms with Gasteiger partial charge in [0.2, 0.25) is 0 Å². The first-order valence-electron chi connectivity index (χ1n) is 4.29. The lowest BCUT2D eigenvalue weighted by Crippen LogP contribution is -2.10. The zero-order valence-electron chi connectivity index (χ0n) is 7.94. The Balaban J connectivity index is 2.54. The summed E-state index contributed by atoms with van der Waals surface area (Å²) in [7, 11) is 0. The minimum Gasteiger partial charge on any atom is -0.396 e. The Bertz CT molecular complexity index is 490. The maximum Gasteiger partial charge on any atom is 0.433 e. The van der Waals surface area contributed by atoms with Gasteiger partial charge in [-0.05, 0) is 6.07 Å². The Labute approximate surface area is 88.5 Å². The van der Waals surface area contributed by atoms with E-state index < -0.39 is 11.9 Å². The van der Waals surface area contributed by atoms with Crippen LogP contribution in [0.15, 0.2) is 31.0 Å². The molecule has 0 bridgehead atoms. The zero-order valence-corrected chi connectivity index (χ0v) is 7.94. The molecule has 0 spiro atoms. The number of imidazole rings is 1. The highest BCUT2D eigenvalue weighted by Crippen LogP contribution is 2.30. The first kappa shape index (κ1) is 10.5. The van der Waals surface area contributed by atoms with Crippen LogP contribution in [0.5, 0.6) is 0 Å². The van der Waals surface area contributed by atoms with Crippen LogP contribution in [-0.4, -0.2) is 14.5 Å². The molecule has 4 nitrogen and oxygen atoms in total. The monoisotopic (exact) mass is 228 g/mol. The molecular formula is C9H7F3N4. The average Bonchev–Trinajstić information content (AvgIpc) is 2.69. The van der Waals surface area contributed by atoms with Gasteiger partial charge in [-0.15, -0.1) is 0 Å². The van der Waals surface area contributed by atoms with Crippen molar-refractivity contribution in [3.63, 3.8) is 0 Å². The summed E-state index contributed by atoms with van der Waals surface area (Å²) in [5.74, 6) is 0. The SMILES string of the molecule is Nc1cnc(C(F)(F)F)cc1-n1ccnc1. The molecule has 2 N–H and O–H groups in total. The average molecular weight is 228 g/mol. The second-order valence-electron chi connectivity index (χ2n) is 3.10. The Morgan fingerprint density at radius 1 is 1.31 bits per heavy atom. The number of aromatic nitrogens is 3. The van der Waals surface area contributed by atoms with Crippen molar-refractivity contribution in [3.05, 3.63) is 36.7 Å². The molecule has 0 aromatic carbocycles.